The number of rotatable bonds is 10. The summed E-state index contributed by atoms with van der Waals surface area (Å²) in [5, 5.41) is 16.0. The van der Waals surface area contributed by atoms with Gasteiger partial charge in [0.25, 0.3) is 5.95 Å². The zero-order valence-electron chi connectivity index (χ0n) is 16.0. The number of hydrogen-bond acceptors (Lipinski definition) is 6. The number of aromatic nitrogens is 5. The predicted octanol–water partition coefficient (Wildman–Crippen LogP) is 2.22. The van der Waals surface area contributed by atoms with Crippen LogP contribution in [0.1, 0.15) is 50.9 Å². The van der Waals surface area contributed by atoms with Crippen LogP contribution in [0.15, 0.2) is 11.2 Å². The lowest BCUT2D eigenvalue weighted by molar-refractivity contribution is -0.118. The molecule has 1 amide bonds. The summed E-state index contributed by atoms with van der Waals surface area (Å²) in [5.41, 5.74) is 1.81. The molecular formula is C17H29N7OS. The molecule has 2 rings (SSSR count). The second-order valence-corrected chi connectivity index (χ2v) is 7.44. The highest BCUT2D eigenvalue weighted by Crippen LogP contribution is 2.17. The number of nitrogens with zero attached hydrogens (tertiary/aromatic N) is 5. The lowest BCUT2D eigenvalue weighted by Gasteiger charge is -2.15. The smallest absolute Gasteiger partial charge is 0.271 e. The van der Waals surface area contributed by atoms with Crippen molar-refractivity contribution in [3.05, 3.63) is 17.5 Å². The van der Waals surface area contributed by atoms with E-state index in [4.69, 9.17) is 5.84 Å². The third-order valence-electron chi connectivity index (χ3n) is 4.31. The minimum absolute atomic E-state index is 0.0133. The first kappa shape index (κ1) is 20.3. The standard InChI is InChI=1S/C17H29N7OS/c1-5-7-8-14(6-2)10-19-15(25)11-26-17-21-20-16(23(17)18)24-13(4)9-12(3)22-24/h9,14H,5-8,10-11,18H2,1-4H3,(H,19,25)/t14-/m0/s1. The van der Waals surface area contributed by atoms with E-state index in [1.165, 1.54) is 29.3 Å². The van der Waals surface area contributed by atoms with Crippen LogP contribution in [0.5, 0.6) is 0 Å². The summed E-state index contributed by atoms with van der Waals surface area (Å²) in [4.78, 5) is 12.1. The summed E-state index contributed by atoms with van der Waals surface area (Å²) in [6.45, 7) is 8.91. The van der Waals surface area contributed by atoms with Gasteiger partial charge in [-0.3, -0.25) is 4.79 Å². The molecule has 0 bridgehead atoms. The fourth-order valence-corrected chi connectivity index (χ4v) is 3.41. The molecule has 0 aliphatic heterocycles. The minimum atomic E-state index is -0.0133. The van der Waals surface area contributed by atoms with Crippen LogP contribution >= 0.6 is 11.8 Å². The Morgan fingerprint density at radius 1 is 1.35 bits per heavy atom. The van der Waals surface area contributed by atoms with Crippen molar-refractivity contribution in [3.63, 3.8) is 0 Å². The van der Waals surface area contributed by atoms with E-state index in [0.717, 1.165) is 30.8 Å². The second kappa shape index (κ2) is 9.61. The van der Waals surface area contributed by atoms with E-state index >= 15 is 0 Å². The van der Waals surface area contributed by atoms with Gasteiger partial charge in [-0.05, 0) is 32.3 Å². The van der Waals surface area contributed by atoms with Gasteiger partial charge in [-0.1, -0.05) is 44.9 Å². The summed E-state index contributed by atoms with van der Waals surface area (Å²) < 4.78 is 3.01. The lowest BCUT2D eigenvalue weighted by atomic mass is 9.99. The molecule has 8 nitrogen and oxygen atoms in total. The Labute approximate surface area is 158 Å². The van der Waals surface area contributed by atoms with Crippen molar-refractivity contribution in [2.45, 2.75) is 58.5 Å². The van der Waals surface area contributed by atoms with Gasteiger partial charge in [0.05, 0.1) is 11.4 Å². The van der Waals surface area contributed by atoms with Gasteiger partial charge in [0.1, 0.15) is 0 Å². The van der Waals surface area contributed by atoms with E-state index in [1.807, 2.05) is 19.9 Å². The third-order valence-corrected chi connectivity index (χ3v) is 5.25. The number of nitrogens with one attached hydrogen (secondary N) is 1. The van der Waals surface area contributed by atoms with E-state index in [2.05, 4.69) is 34.5 Å². The number of hydrogen-bond donors (Lipinski definition) is 2. The lowest BCUT2D eigenvalue weighted by Crippen LogP contribution is -2.30. The molecule has 0 aromatic carbocycles. The number of thioether (sulfide) groups is 1. The number of nitrogens with two attached hydrogens (primary N) is 1. The molecule has 2 aromatic rings. The highest BCUT2D eigenvalue weighted by atomic mass is 32.2. The molecule has 9 heteroatoms. The first-order valence-electron chi connectivity index (χ1n) is 9.09. The molecular weight excluding hydrogens is 350 g/mol. The maximum absolute atomic E-state index is 12.1. The first-order chi connectivity index (χ1) is 12.5. The van der Waals surface area contributed by atoms with Crippen LogP contribution in [-0.4, -0.2) is 42.9 Å². The van der Waals surface area contributed by atoms with Crippen molar-refractivity contribution in [3.8, 4) is 5.95 Å². The highest BCUT2D eigenvalue weighted by Gasteiger charge is 2.16. The third kappa shape index (κ3) is 5.23. The number of carbonyl (C=O) groups excluding carboxylic acids is 1. The van der Waals surface area contributed by atoms with Gasteiger partial charge in [0.15, 0.2) is 0 Å². The van der Waals surface area contributed by atoms with Gasteiger partial charge in [-0.2, -0.15) is 5.10 Å². The Bertz CT molecular complexity index is 725. The zero-order valence-corrected chi connectivity index (χ0v) is 16.8. The molecule has 0 aliphatic carbocycles. The zero-order chi connectivity index (χ0) is 19.1. The normalized spacial score (nSPS) is 12.3. The molecule has 0 saturated carbocycles. The summed E-state index contributed by atoms with van der Waals surface area (Å²) in [7, 11) is 0. The van der Waals surface area contributed by atoms with Crippen LogP contribution in [-0.2, 0) is 4.79 Å². The van der Waals surface area contributed by atoms with Gasteiger partial charge in [-0.25, -0.2) is 9.36 Å². The predicted molar refractivity (Wildman–Crippen MR) is 104 cm³/mol. The van der Waals surface area contributed by atoms with Crippen LogP contribution in [0.4, 0.5) is 0 Å². The summed E-state index contributed by atoms with van der Waals surface area (Å²) in [6, 6.07) is 1.94. The Morgan fingerprint density at radius 3 is 2.73 bits per heavy atom. The van der Waals surface area contributed by atoms with Gasteiger partial charge in [0, 0.05) is 12.2 Å². The summed E-state index contributed by atoms with van der Waals surface area (Å²) in [6.07, 6.45) is 4.62. The van der Waals surface area contributed by atoms with Crippen LogP contribution in [0.2, 0.25) is 0 Å². The van der Waals surface area contributed by atoms with Crippen LogP contribution in [0.25, 0.3) is 5.95 Å². The van der Waals surface area contributed by atoms with Crippen molar-refractivity contribution < 1.29 is 4.79 Å². The van der Waals surface area contributed by atoms with Gasteiger partial charge in [-0.15, -0.1) is 10.2 Å². The monoisotopic (exact) mass is 379 g/mol. The van der Waals surface area contributed by atoms with Crippen molar-refractivity contribution in [2.24, 2.45) is 5.92 Å². The molecule has 26 heavy (non-hydrogen) atoms. The second-order valence-electron chi connectivity index (χ2n) is 6.50. The molecule has 0 radical (unpaired) electrons. The minimum Gasteiger partial charge on any atom is -0.355 e. The molecule has 0 fully saturated rings. The molecule has 0 saturated heterocycles. The topological polar surface area (TPSA) is 104 Å². The van der Waals surface area contributed by atoms with E-state index < -0.39 is 0 Å². The maximum atomic E-state index is 12.1. The van der Waals surface area contributed by atoms with Crippen molar-refractivity contribution in [1.29, 1.82) is 0 Å². The largest absolute Gasteiger partial charge is 0.355 e. The Kier molecular flexibility index (Phi) is 7.50. The SMILES string of the molecule is CCCC[C@H](CC)CNC(=O)CSc1nnc(-n2nc(C)cc2C)n1N. The maximum Gasteiger partial charge on any atom is 0.271 e. The summed E-state index contributed by atoms with van der Waals surface area (Å²) >= 11 is 1.27. The molecule has 1 atom stereocenters. The number of nitrogen functional groups attached to an aromatic ring is 1. The molecule has 3 N–H and O–H groups in total. The molecule has 0 spiro atoms. The van der Waals surface area contributed by atoms with E-state index in [9.17, 15) is 4.79 Å². The fraction of sp³-hybridized carbons (Fsp3) is 0.647. The van der Waals surface area contributed by atoms with Gasteiger partial charge in [0.2, 0.25) is 11.1 Å². The number of aryl methyl sites for hydroxylation is 2. The number of carbonyl (C=O) groups is 1. The van der Waals surface area contributed by atoms with Crippen molar-refractivity contribution in [2.75, 3.05) is 18.1 Å². The quantitative estimate of drug-likeness (QED) is 0.484. The van der Waals surface area contributed by atoms with E-state index in [1.54, 1.807) is 4.68 Å². The van der Waals surface area contributed by atoms with Crippen LogP contribution < -0.4 is 11.2 Å². The average molecular weight is 380 g/mol. The molecule has 2 aromatic heterocycles. The highest BCUT2D eigenvalue weighted by molar-refractivity contribution is 7.99. The Morgan fingerprint density at radius 2 is 2.12 bits per heavy atom. The summed E-state index contributed by atoms with van der Waals surface area (Å²) in [5.74, 6) is 7.30. The number of unbranched alkanes of at least 4 members (excludes halogenated alkanes) is 1. The van der Waals surface area contributed by atoms with Crippen LogP contribution in [0.3, 0.4) is 0 Å². The van der Waals surface area contributed by atoms with Crippen molar-refractivity contribution >= 4 is 17.7 Å². The van der Waals surface area contributed by atoms with Crippen molar-refractivity contribution in [1.82, 2.24) is 30.0 Å². The Hall–Kier alpha value is -2.03. The fourth-order valence-electron chi connectivity index (χ4n) is 2.73. The molecule has 144 valence electrons. The first-order valence-corrected chi connectivity index (χ1v) is 10.1. The van der Waals surface area contributed by atoms with Gasteiger partial charge < -0.3 is 11.2 Å². The van der Waals surface area contributed by atoms with E-state index in [0.29, 0.717) is 17.0 Å². The van der Waals surface area contributed by atoms with Crippen LogP contribution in [0, 0.1) is 19.8 Å². The number of amides is 1. The van der Waals surface area contributed by atoms with Gasteiger partial charge >= 0.3 is 0 Å². The average Bonchev–Trinajstić information content (AvgIpc) is 3.14. The molecule has 0 unspecified atom stereocenters. The molecule has 2 heterocycles. The molecule has 0 aliphatic rings. The Balaban J connectivity index is 1.88. The van der Waals surface area contributed by atoms with E-state index in [-0.39, 0.29) is 11.7 Å².